The highest BCUT2D eigenvalue weighted by atomic mass is 32.1. The van der Waals surface area contributed by atoms with Gasteiger partial charge in [-0.15, -0.1) is 0 Å². The quantitative estimate of drug-likeness (QED) is 0.743. The zero-order valence-electron chi connectivity index (χ0n) is 7.92. The van der Waals surface area contributed by atoms with Crippen LogP contribution in [-0.4, -0.2) is 10.3 Å². The molecule has 0 atom stereocenters. The molecule has 1 aromatic carbocycles. The van der Waals surface area contributed by atoms with E-state index < -0.39 is 0 Å². The lowest BCUT2D eigenvalue weighted by Crippen LogP contribution is -2.11. The number of hydrogen-bond acceptors (Lipinski definition) is 4. The third kappa shape index (κ3) is 2.89. The van der Waals surface area contributed by atoms with E-state index in [2.05, 4.69) is 4.37 Å². The zero-order valence-corrected chi connectivity index (χ0v) is 8.74. The van der Waals surface area contributed by atoms with E-state index in [4.69, 9.17) is 4.74 Å². The van der Waals surface area contributed by atoms with Gasteiger partial charge in [-0.05, 0) is 17.1 Å². The topological polar surface area (TPSA) is 39.2 Å². The molecule has 0 saturated carbocycles. The number of carbonyl (C=O) groups is 1. The molecule has 0 aliphatic rings. The number of esters is 1. The van der Waals surface area contributed by atoms with Crippen molar-refractivity contribution in [1.82, 2.24) is 4.37 Å². The summed E-state index contributed by atoms with van der Waals surface area (Å²) in [5, 5.41) is 1.77. The first-order valence-corrected chi connectivity index (χ1v) is 5.33. The second-order valence-electron chi connectivity index (χ2n) is 2.97. The molecular formula is C11H9NO2S. The first-order valence-electron chi connectivity index (χ1n) is 4.49. The molecule has 0 fully saturated rings. The first kappa shape index (κ1) is 9.86. The van der Waals surface area contributed by atoms with Gasteiger partial charge in [-0.3, -0.25) is 4.79 Å². The fraction of sp³-hybridized carbons (Fsp3) is 0.0909. The number of carbonyl (C=O) groups excluding carboxylic acids is 1. The van der Waals surface area contributed by atoms with Gasteiger partial charge in [-0.1, -0.05) is 30.3 Å². The predicted molar refractivity (Wildman–Crippen MR) is 57.9 cm³/mol. The van der Waals surface area contributed by atoms with Crippen molar-refractivity contribution >= 4 is 17.5 Å². The number of ether oxygens (including phenoxy) is 1. The van der Waals surface area contributed by atoms with E-state index in [1.807, 2.05) is 30.3 Å². The molecule has 0 aliphatic carbocycles. The summed E-state index contributed by atoms with van der Waals surface area (Å²) in [5.74, 6) is 0.0908. The summed E-state index contributed by atoms with van der Waals surface area (Å²) >= 11 is 1.26. The van der Waals surface area contributed by atoms with Crippen LogP contribution < -0.4 is 4.74 Å². The number of hydrogen-bond donors (Lipinski definition) is 0. The number of aromatic nitrogens is 1. The molecule has 0 radical (unpaired) electrons. The normalized spacial score (nSPS) is 9.87. The summed E-state index contributed by atoms with van der Waals surface area (Å²) in [6.07, 6.45) is 0.276. The third-order valence-corrected chi connectivity index (χ3v) is 2.37. The Morgan fingerprint density at radius 1 is 1.27 bits per heavy atom. The van der Waals surface area contributed by atoms with Gasteiger partial charge in [0.15, 0.2) is 0 Å². The highest BCUT2D eigenvalue weighted by Crippen LogP contribution is 2.10. The summed E-state index contributed by atoms with van der Waals surface area (Å²) in [5.41, 5.74) is 0.942. The van der Waals surface area contributed by atoms with Gasteiger partial charge in [0.05, 0.1) is 6.42 Å². The maximum absolute atomic E-state index is 11.4. The number of nitrogens with zero attached hydrogens (tertiary/aromatic N) is 1. The van der Waals surface area contributed by atoms with Crippen LogP contribution in [0.4, 0.5) is 0 Å². The average molecular weight is 219 g/mol. The molecule has 1 aromatic heterocycles. The molecule has 1 heterocycles. The van der Waals surface area contributed by atoms with Gasteiger partial charge in [0.2, 0.25) is 5.88 Å². The molecular weight excluding hydrogens is 210 g/mol. The molecule has 0 bridgehead atoms. The molecule has 3 nitrogen and oxygen atoms in total. The monoisotopic (exact) mass is 219 g/mol. The van der Waals surface area contributed by atoms with Crippen molar-refractivity contribution in [2.24, 2.45) is 0 Å². The Kier molecular flexibility index (Phi) is 3.09. The molecule has 15 heavy (non-hydrogen) atoms. The fourth-order valence-corrected chi connectivity index (χ4v) is 1.61. The van der Waals surface area contributed by atoms with Crippen LogP contribution in [-0.2, 0) is 11.2 Å². The van der Waals surface area contributed by atoms with Crippen LogP contribution in [0.3, 0.4) is 0 Å². The number of benzene rings is 1. The Labute approximate surface area is 91.5 Å². The summed E-state index contributed by atoms with van der Waals surface area (Å²) in [6.45, 7) is 0. The van der Waals surface area contributed by atoms with E-state index in [0.717, 1.165) is 5.56 Å². The van der Waals surface area contributed by atoms with Crippen LogP contribution in [0.15, 0.2) is 41.8 Å². The van der Waals surface area contributed by atoms with E-state index in [-0.39, 0.29) is 12.4 Å². The van der Waals surface area contributed by atoms with Crippen LogP contribution >= 0.6 is 11.5 Å². The van der Waals surface area contributed by atoms with Crippen molar-refractivity contribution < 1.29 is 9.53 Å². The smallest absolute Gasteiger partial charge is 0.317 e. The van der Waals surface area contributed by atoms with Crippen molar-refractivity contribution in [3.63, 3.8) is 0 Å². The average Bonchev–Trinajstić information content (AvgIpc) is 2.71. The lowest BCUT2D eigenvalue weighted by molar-refractivity contribution is -0.133. The maximum atomic E-state index is 11.4. The van der Waals surface area contributed by atoms with Crippen LogP contribution in [0.25, 0.3) is 0 Å². The van der Waals surface area contributed by atoms with Gasteiger partial charge in [-0.25, -0.2) is 0 Å². The minimum Gasteiger partial charge on any atom is -0.406 e. The molecule has 76 valence electrons. The minimum absolute atomic E-state index is 0.276. The SMILES string of the molecule is O=C(Cc1ccccc1)Oc1ccsn1. The highest BCUT2D eigenvalue weighted by Gasteiger charge is 2.06. The molecule has 0 amide bonds. The van der Waals surface area contributed by atoms with Crippen LogP contribution in [0.5, 0.6) is 5.88 Å². The van der Waals surface area contributed by atoms with Gasteiger partial charge >= 0.3 is 5.97 Å². The summed E-state index contributed by atoms with van der Waals surface area (Å²) in [6, 6.07) is 11.2. The molecule has 2 rings (SSSR count). The maximum Gasteiger partial charge on any atom is 0.317 e. The third-order valence-electron chi connectivity index (χ3n) is 1.82. The molecule has 0 spiro atoms. The number of rotatable bonds is 3. The van der Waals surface area contributed by atoms with Crippen molar-refractivity contribution in [3.8, 4) is 5.88 Å². The standard InChI is InChI=1S/C11H9NO2S/c13-11(14-10-6-7-15-12-10)8-9-4-2-1-3-5-9/h1-7H,8H2. The van der Waals surface area contributed by atoms with Crippen LogP contribution in [0, 0.1) is 0 Å². The van der Waals surface area contributed by atoms with E-state index in [1.165, 1.54) is 11.5 Å². The van der Waals surface area contributed by atoms with E-state index >= 15 is 0 Å². The Hall–Kier alpha value is -1.68. The van der Waals surface area contributed by atoms with Gasteiger partial charge in [-0.2, -0.15) is 4.37 Å². The van der Waals surface area contributed by atoms with Crippen molar-refractivity contribution in [3.05, 3.63) is 47.3 Å². The highest BCUT2D eigenvalue weighted by molar-refractivity contribution is 7.03. The largest absolute Gasteiger partial charge is 0.406 e. The van der Waals surface area contributed by atoms with E-state index in [0.29, 0.717) is 5.88 Å². The van der Waals surface area contributed by atoms with Crippen molar-refractivity contribution in [1.29, 1.82) is 0 Å². The first-order chi connectivity index (χ1) is 7.34. The Bertz CT molecular complexity index is 425. The van der Waals surface area contributed by atoms with E-state index in [9.17, 15) is 4.79 Å². The van der Waals surface area contributed by atoms with Gasteiger partial charge in [0, 0.05) is 11.4 Å². The lowest BCUT2D eigenvalue weighted by atomic mass is 10.2. The molecule has 0 unspecified atom stereocenters. The molecule has 2 aromatic rings. The summed E-state index contributed by atoms with van der Waals surface area (Å²) < 4.78 is 8.92. The van der Waals surface area contributed by atoms with Crippen molar-refractivity contribution in [2.45, 2.75) is 6.42 Å². The Balaban J connectivity index is 1.94. The van der Waals surface area contributed by atoms with Gasteiger partial charge in [0.1, 0.15) is 0 Å². The predicted octanol–water partition coefficient (Wildman–Crippen LogP) is 2.29. The Morgan fingerprint density at radius 3 is 2.73 bits per heavy atom. The minimum atomic E-state index is -0.285. The zero-order chi connectivity index (χ0) is 10.5. The van der Waals surface area contributed by atoms with Gasteiger partial charge < -0.3 is 4.74 Å². The lowest BCUT2D eigenvalue weighted by Gasteiger charge is -2.00. The molecule has 0 aliphatic heterocycles. The van der Waals surface area contributed by atoms with Gasteiger partial charge in [0.25, 0.3) is 0 Å². The summed E-state index contributed by atoms with van der Waals surface area (Å²) in [4.78, 5) is 11.4. The molecule has 0 N–H and O–H groups in total. The second-order valence-corrected chi connectivity index (χ2v) is 3.64. The van der Waals surface area contributed by atoms with E-state index in [1.54, 1.807) is 11.4 Å². The van der Waals surface area contributed by atoms with Crippen LogP contribution in [0.2, 0.25) is 0 Å². The fourth-order valence-electron chi connectivity index (χ4n) is 1.17. The Morgan fingerprint density at radius 2 is 2.07 bits per heavy atom. The molecule has 0 saturated heterocycles. The summed E-state index contributed by atoms with van der Waals surface area (Å²) in [7, 11) is 0. The molecule has 4 heteroatoms. The second kappa shape index (κ2) is 4.70. The van der Waals surface area contributed by atoms with Crippen molar-refractivity contribution in [2.75, 3.05) is 0 Å². The van der Waals surface area contributed by atoms with Crippen LogP contribution in [0.1, 0.15) is 5.56 Å².